The van der Waals surface area contributed by atoms with Crippen LogP contribution < -0.4 is 4.74 Å². The maximum atomic E-state index is 14.7. The molecule has 192 valence electrons. The van der Waals surface area contributed by atoms with Gasteiger partial charge < -0.3 is 9.47 Å². The molecule has 3 rings (SSSR count). The van der Waals surface area contributed by atoms with E-state index in [0.717, 1.165) is 44.1 Å². The lowest BCUT2D eigenvalue weighted by Crippen LogP contribution is -2.28. The van der Waals surface area contributed by atoms with E-state index in [9.17, 15) is 18.0 Å². The van der Waals surface area contributed by atoms with Crippen molar-refractivity contribution in [1.29, 1.82) is 0 Å². The van der Waals surface area contributed by atoms with Crippen LogP contribution in [0.4, 0.5) is 13.2 Å². The van der Waals surface area contributed by atoms with E-state index in [4.69, 9.17) is 9.47 Å². The predicted octanol–water partition coefficient (Wildman–Crippen LogP) is 8.30. The molecule has 0 heterocycles. The van der Waals surface area contributed by atoms with Crippen LogP contribution in [0.5, 0.6) is 5.75 Å². The molecule has 0 aliphatic heterocycles. The molecule has 6 heteroatoms. The van der Waals surface area contributed by atoms with Gasteiger partial charge in [-0.25, -0.2) is 13.6 Å². The number of hydrogen-bond acceptors (Lipinski definition) is 3. The molecule has 2 aromatic rings. The second kappa shape index (κ2) is 13.6. The number of rotatable bonds is 12. The van der Waals surface area contributed by atoms with Crippen LogP contribution in [0.15, 0.2) is 36.4 Å². The number of esters is 1. The zero-order chi connectivity index (χ0) is 25.2. The largest absolute Gasteiger partial charge is 0.490 e. The lowest BCUT2D eigenvalue weighted by atomic mass is 9.82. The summed E-state index contributed by atoms with van der Waals surface area (Å²) < 4.78 is 53.9. The molecule has 0 spiro atoms. The third kappa shape index (κ3) is 7.49. The van der Waals surface area contributed by atoms with Crippen molar-refractivity contribution in [2.75, 3.05) is 6.61 Å². The minimum absolute atomic E-state index is 0.0547. The van der Waals surface area contributed by atoms with Crippen molar-refractivity contribution < 1.29 is 27.4 Å². The van der Waals surface area contributed by atoms with Crippen LogP contribution in [0, 0.1) is 11.6 Å². The Bertz CT molecular complexity index is 937. The van der Waals surface area contributed by atoms with Gasteiger partial charge in [-0.2, -0.15) is 4.39 Å². The summed E-state index contributed by atoms with van der Waals surface area (Å²) in [5.74, 6) is -2.36. The van der Waals surface area contributed by atoms with Gasteiger partial charge in [0.2, 0.25) is 5.82 Å². The average Bonchev–Trinajstić information content (AvgIpc) is 2.88. The maximum Gasteiger partial charge on any atom is 0.340 e. The van der Waals surface area contributed by atoms with Gasteiger partial charge in [-0.05, 0) is 67.7 Å². The van der Waals surface area contributed by atoms with Crippen molar-refractivity contribution in [3.05, 3.63) is 53.6 Å². The molecule has 1 aliphatic carbocycles. The summed E-state index contributed by atoms with van der Waals surface area (Å²) in [6.45, 7) is 4.40. The van der Waals surface area contributed by atoms with Gasteiger partial charge in [0.1, 0.15) is 6.10 Å². The third-order valence-corrected chi connectivity index (χ3v) is 6.77. The number of carbonyl (C=O) groups is 1. The molecule has 0 amide bonds. The second-order valence-corrected chi connectivity index (χ2v) is 9.44. The molecule has 0 radical (unpaired) electrons. The summed E-state index contributed by atoms with van der Waals surface area (Å²) >= 11 is 0. The monoisotopic (exact) mass is 490 g/mol. The van der Waals surface area contributed by atoms with Gasteiger partial charge in [-0.15, -0.1) is 0 Å². The van der Waals surface area contributed by atoms with E-state index < -0.39 is 23.8 Å². The molecular formula is C29H37F3O3. The fraction of sp³-hybridized carbons (Fsp3) is 0.552. The summed E-state index contributed by atoms with van der Waals surface area (Å²) in [4.78, 5) is 11.9. The average molecular weight is 491 g/mol. The number of alkyl halides is 1. The predicted molar refractivity (Wildman–Crippen MR) is 132 cm³/mol. The smallest absolute Gasteiger partial charge is 0.340 e. The zero-order valence-electron chi connectivity index (χ0n) is 20.8. The summed E-state index contributed by atoms with van der Waals surface area (Å²) in [6.07, 6.45) is 5.83. The van der Waals surface area contributed by atoms with Gasteiger partial charge in [0.25, 0.3) is 0 Å². The van der Waals surface area contributed by atoms with E-state index in [1.54, 1.807) is 6.07 Å². The molecule has 2 aromatic carbocycles. The summed E-state index contributed by atoms with van der Waals surface area (Å²) in [5, 5.41) is 0. The third-order valence-electron chi connectivity index (χ3n) is 6.77. The van der Waals surface area contributed by atoms with Crippen LogP contribution in [-0.2, 0) is 9.53 Å². The highest BCUT2D eigenvalue weighted by molar-refractivity contribution is 5.74. The van der Waals surface area contributed by atoms with Gasteiger partial charge in [-0.3, -0.25) is 0 Å². The number of halogens is 3. The van der Waals surface area contributed by atoms with Crippen LogP contribution in [0.2, 0.25) is 0 Å². The first kappa shape index (κ1) is 27.1. The number of carbonyl (C=O) groups excluding carboxylic acids is 1. The highest BCUT2D eigenvalue weighted by Crippen LogP contribution is 2.36. The molecule has 1 aliphatic rings. The van der Waals surface area contributed by atoms with Crippen molar-refractivity contribution in [2.24, 2.45) is 0 Å². The first-order valence-corrected chi connectivity index (χ1v) is 13.0. The summed E-state index contributed by atoms with van der Waals surface area (Å²) in [6, 6.07) is 10.6. The van der Waals surface area contributed by atoms with E-state index >= 15 is 0 Å². The second-order valence-electron chi connectivity index (χ2n) is 9.44. The van der Waals surface area contributed by atoms with E-state index in [0.29, 0.717) is 37.4 Å². The quantitative estimate of drug-likeness (QED) is 0.222. The van der Waals surface area contributed by atoms with Gasteiger partial charge in [-0.1, -0.05) is 63.8 Å². The van der Waals surface area contributed by atoms with Crippen molar-refractivity contribution in [3.8, 4) is 16.9 Å². The maximum absolute atomic E-state index is 14.7. The Balaban J connectivity index is 1.55. The molecule has 1 atom stereocenters. The molecular weight excluding hydrogens is 453 g/mol. The fourth-order valence-corrected chi connectivity index (χ4v) is 4.59. The Hall–Kier alpha value is -2.50. The lowest BCUT2D eigenvalue weighted by molar-refractivity contribution is -0.157. The first-order valence-electron chi connectivity index (χ1n) is 13.0. The van der Waals surface area contributed by atoms with Gasteiger partial charge in [0.15, 0.2) is 17.7 Å². The Kier molecular flexibility index (Phi) is 10.5. The molecule has 35 heavy (non-hydrogen) atoms. The highest BCUT2D eigenvalue weighted by Gasteiger charge is 2.28. The lowest BCUT2D eigenvalue weighted by Gasteiger charge is -2.29. The highest BCUT2D eigenvalue weighted by atomic mass is 19.2. The molecule has 0 bridgehead atoms. The van der Waals surface area contributed by atoms with Crippen molar-refractivity contribution in [2.45, 2.75) is 96.2 Å². The van der Waals surface area contributed by atoms with Crippen molar-refractivity contribution in [1.82, 2.24) is 0 Å². The van der Waals surface area contributed by atoms with Gasteiger partial charge >= 0.3 is 5.97 Å². The summed E-state index contributed by atoms with van der Waals surface area (Å²) in [7, 11) is 0. The normalized spacial score (nSPS) is 18.8. The standard InChI is InChI=1S/C29H37F3O3/c1-3-5-7-19-34-26-18-17-24(27(31)28(26)32)22-11-9-20(10-12-22)21-13-15-23(16-14-21)35-29(33)25(30)8-6-4-2/h9-12,17-18,21,23,25H,3-8,13-16,19H2,1-2H3/t21?,23?,25-/m0/s1. The molecule has 0 unspecified atom stereocenters. The zero-order valence-corrected chi connectivity index (χ0v) is 20.8. The number of unbranched alkanes of at least 4 members (excludes halogenated alkanes) is 3. The Morgan fingerprint density at radius 3 is 2.26 bits per heavy atom. The van der Waals surface area contributed by atoms with Crippen molar-refractivity contribution in [3.63, 3.8) is 0 Å². The van der Waals surface area contributed by atoms with E-state index in [-0.39, 0.29) is 23.8 Å². The topological polar surface area (TPSA) is 35.5 Å². The van der Waals surface area contributed by atoms with Crippen LogP contribution in [0.1, 0.15) is 89.5 Å². The Labute approximate surface area is 207 Å². The SMILES string of the molecule is CCCCCOc1ccc(-c2ccc(C3CCC(OC(=O)[C@@H](F)CCCC)CC3)cc2)c(F)c1F. The van der Waals surface area contributed by atoms with Crippen LogP contribution in [0.3, 0.4) is 0 Å². The molecule has 1 fully saturated rings. The van der Waals surface area contributed by atoms with E-state index in [2.05, 4.69) is 6.92 Å². The minimum atomic E-state index is -1.54. The minimum Gasteiger partial charge on any atom is -0.490 e. The van der Waals surface area contributed by atoms with Gasteiger partial charge in [0.05, 0.1) is 6.61 Å². The molecule has 1 saturated carbocycles. The number of benzene rings is 2. The van der Waals surface area contributed by atoms with Gasteiger partial charge in [0, 0.05) is 5.56 Å². The molecule has 3 nitrogen and oxygen atoms in total. The Morgan fingerprint density at radius 1 is 0.914 bits per heavy atom. The molecule has 0 aromatic heterocycles. The Morgan fingerprint density at radius 2 is 1.60 bits per heavy atom. The summed E-state index contributed by atoms with van der Waals surface area (Å²) in [5.41, 5.74) is 1.92. The van der Waals surface area contributed by atoms with Crippen molar-refractivity contribution >= 4 is 5.97 Å². The van der Waals surface area contributed by atoms with Crippen LogP contribution in [0.25, 0.3) is 11.1 Å². The number of hydrogen-bond donors (Lipinski definition) is 0. The first-order chi connectivity index (χ1) is 16.9. The van der Waals surface area contributed by atoms with E-state index in [1.807, 2.05) is 31.2 Å². The van der Waals surface area contributed by atoms with Crippen LogP contribution >= 0.6 is 0 Å². The molecule has 0 N–H and O–H groups in total. The van der Waals surface area contributed by atoms with E-state index in [1.165, 1.54) is 6.07 Å². The van der Waals surface area contributed by atoms with Crippen LogP contribution in [-0.4, -0.2) is 24.9 Å². The number of ether oxygens (including phenoxy) is 2. The molecule has 0 saturated heterocycles. The fourth-order valence-electron chi connectivity index (χ4n) is 4.59.